The van der Waals surface area contributed by atoms with Crippen LogP contribution in [0, 0.1) is 26.9 Å². The standard InChI is InChI=1S/C18H30N2O5Si2/c1-18(2,17(24-26-3)25-27-4)11-6-5-7-12-23-16-10-8-9-15(20(21)22)14(16)13-19/h8-10,17H,5-7,11-12,26-27H2,1-4H3. The number of nitro benzene ring substituents is 1. The van der Waals surface area contributed by atoms with E-state index in [-0.39, 0.29) is 28.7 Å². The fraction of sp³-hybridized carbons (Fsp3) is 0.611. The summed E-state index contributed by atoms with van der Waals surface area (Å²) in [6.45, 7) is 9.03. The van der Waals surface area contributed by atoms with Gasteiger partial charge in [0, 0.05) is 11.5 Å². The van der Waals surface area contributed by atoms with Crippen LogP contribution in [0.3, 0.4) is 0 Å². The van der Waals surface area contributed by atoms with Gasteiger partial charge in [-0.15, -0.1) is 0 Å². The van der Waals surface area contributed by atoms with Crippen molar-refractivity contribution >= 4 is 25.2 Å². The molecule has 0 radical (unpaired) electrons. The highest BCUT2D eigenvalue weighted by atomic mass is 28.2. The predicted octanol–water partition coefficient (Wildman–Crippen LogP) is 3.05. The molecule has 0 saturated heterocycles. The van der Waals surface area contributed by atoms with Crippen LogP contribution in [0.25, 0.3) is 0 Å². The molecule has 0 spiro atoms. The lowest BCUT2D eigenvalue weighted by atomic mass is 9.86. The van der Waals surface area contributed by atoms with Crippen molar-refractivity contribution in [3.05, 3.63) is 33.9 Å². The Hall–Kier alpha value is -1.74. The largest absolute Gasteiger partial charge is 0.492 e. The first-order valence-electron chi connectivity index (χ1n) is 9.40. The Balaban J connectivity index is 2.44. The molecule has 27 heavy (non-hydrogen) atoms. The number of unbranched alkanes of at least 4 members (excludes halogenated alkanes) is 2. The van der Waals surface area contributed by atoms with E-state index in [9.17, 15) is 10.1 Å². The molecule has 1 aromatic rings. The molecule has 1 rings (SSSR count). The number of nitrogens with zero attached hydrogens (tertiary/aromatic N) is 2. The number of hydrogen-bond acceptors (Lipinski definition) is 6. The molecule has 0 fully saturated rings. The third-order valence-corrected chi connectivity index (χ3v) is 5.58. The second kappa shape index (κ2) is 11.9. The van der Waals surface area contributed by atoms with Crippen LogP contribution in [0.4, 0.5) is 5.69 Å². The highest BCUT2D eigenvalue weighted by molar-refractivity contribution is 6.26. The van der Waals surface area contributed by atoms with Crippen molar-refractivity contribution in [1.29, 1.82) is 5.26 Å². The molecule has 0 aliphatic rings. The van der Waals surface area contributed by atoms with Crippen molar-refractivity contribution < 1.29 is 18.5 Å². The van der Waals surface area contributed by atoms with Crippen molar-refractivity contribution in [3.8, 4) is 11.8 Å². The highest BCUT2D eigenvalue weighted by Gasteiger charge is 2.29. The molecular weight excluding hydrogens is 380 g/mol. The third kappa shape index (κ3) is 7.42. The second-order valence-electron chi connectivity index (χ2n) is 6.91. The van der Waals surface area contributed by atoms with Crippen molar-refractivity contribution in [3.63, 3.8) is 0 Å². The van der Waals surface area contributed by atoms with E-state index < -0.39 is 24.4 Å². The fourth-order valence-corrected chi connectivity index (χ4v) is 4.76. The highest BCUT2D eigenvalue weighted by Crippen LogP contribution is 2.31. The minimum Gasteiger partial charge on any atom is -0.492 e. The van der Waals surface area contributed by atoms with Crippen LogP contribution in [-0.2, 0) is 8.85 Å². The van der Waals surface area contributed by atoms with E-state index in [1.807, 2.05) is 6.07 Å². The molecule has 7 nitrogen and oxygen atoms in total. The molecule has 0 aromatic heterocycles. The van der Waals surface area contributed by atoms with E-state index in [1.54, 1.807) is 6.07 Å². The Morgan fingerprint density at radius 2 is 1.89 bits per heavy atom. The average Bonchev–Trinajstić information content (AvgIpc) is 2.63. The Morgan fingerprint density at radius 1 is 1.22 bits per heavy atom. The van der Waals surface area contributed by atoms with Crippen molar-refractivity contribution in [2.75, 3.05) is 6.61 Å². The maximum atomic E-state index is 11.0. The summed E-state index contributed by atoms with van der Waals surface area (Å²) in [5.74, 6) is 0.273. The first-order chi connectivity index (χ1) is 12.9. The van der Waals surface area contributed by atoms with Crippen LogP contribution in [0.2, 0.25) is 13.1 Å². The van der Waals surface area contributed by atoms with Gasteiger partial charge in [-0.2, -0.15) is 5.26 Å². The summed E-state index contributed by atoms with van der Waals surface area (Å²) in [5, 5.41) is 20.1. The zero-order chi connectivity index (χ0) is 20.3. The number of nitro groups is 1. The van der Waals surface area contributed by atoms with E-state index in [0.717, 1.165) is 25.7 Å². The topological polar surface area (TPSA) is 94.6 Å². The normalized spacial score (nSPS) is 13.3. The summed E-state index contributed by atoms with van der Waals surface area (Å²) >= 11 is 0. The molecule has 0 unspecified atom stereocenters. The first-order valence-corrected chi connectivity index (χ1v) is 13.4. The minimum absolute atomic E-state index is 0.0130. The monoisotopic (exact) mass is 410 g/mol. The summed E-state index contributed by atoms with van der Waals surface area (Å²) < 4.78 is 17.4. The van der Waals surface area contributed by atoms with E-state index in [2.05, 4.69) is 26.9 Å². The molecule has 9 heteroatoms. The number of benzene rings is 1. The number of rotatable bonds is 13. The van der Waals surface area contributed by atoms with Crippen molar-refractivity contribution in [2.24, 2.45) is 5.41 Å². The van der Waals surface area contributed by atoms with Gasteiger partial charge >= 0.3 is 0 Å². The molecule has 1 aromatic carbocycles. The van der Waals surface area contributed by atoms with Gasteiger partial charge in [-0.3, -0.25) is 10.1 Å². The summed E-state index contributed by atoms with van der Waals surface area (Å²) in [6.07, 6.45) is 3.73. The quantitative estimate of drug-likeness (QED) is 0.163. The SMILES string of the molecule is C[SiH2]OC(O[SiH2]C)C(C)(C)CCCCCOc1cccc([N+](=O)[O-])c1C#N. The van der Waals surface area contributed by atoms with Crippen LogP contribution in [0.5, 0.6) is 5.75 Å². The Morgan fingerprint density at radius 3 is 2.44 bits per heavy atom. The van der Waals surface area contributed by atoms with Crippen molar-refractivity contribution in [1.82, 2.24) is 0 Å². The van der Waals surface area contributed by atoms with Gasteiger partial charge in [0.1, 0.15) is 18.1 Å². The molecule has 0 N–H and O–H groups in total. The van der Waals surface area contributed by atoms with Gasteiger partial charge in [-0.25, -0.2) is 0 Å². The van der Waals surface area contributed by atoms with Crippen LogP contribution >= 0.6 is 0 Å². The summed E-state index contributed by atoms with van der Waals surface area (Å²) in [7, 11) is -1.03. The van der Waals surface area contributed by atoms with Gasteiger partial charge < -0.3 is 13.6 Å². The molecule has 0 aliphatic heterocycles. The number of nitriles is 1. The van der Waals surface area contributed by atoms with Gasteiger partial charge in [0.2, 0.25) is 0 Å². The molecular formula is C18H30N2O5Si2. The molecule has 0 heterocycles. The van der Waals surface area contributed by atoms with Crippen LogP contribution in [0.1, 0.15) is 45.1 Å². The second-order valence-corrected chi connectivity index (χ2v) is 8.73. The smallest absolute Gasteiger partial charge is 0.290 e. The number of ether oxygens (including phenoxy) is 1. The van der Waals surface area contributed by atoms with Gasteiger partial charge in [-0.1, -0.05) is 45.8 Å². The maximum absolute atomic E-state index is 11.0. The Labute approximate surface area is 166 Å². The summed E-state index contributed by atoms with van der Waals surface area (Å²) in [5.41, 5.74) is -0.254. The molecule has 0 atom stereocenters. The van der Waals surface area contributed by atoms with E-state index in [0.29, 0.717) is 6.61 Å². The van der Waals surface area contributed by atoms with Crippen LogP contribution < -0.4 is 4.74 Å². The lowest BCUT2D eigenvalue weighted by molar-refractivity contribution is -0.385. The Bertz CT molecular complexity index is 643. The molecule has 150 valence electrons. The molecule has 0 saturated carbocycles. The van der Waals surface area contributed by atoms with Gasteiger partial charge in [0.05, 0.1) is 11.5 Å². The zero-order valence-electron chi connectivity index (χ0n) is 16.7. The molecule has 0 amide bonds. The molecule has 0 bridgehead atoms. The van der Waals surface area contributed by atoms with E-state index >= 15 is 0 Å². The first kappa shape index (κ1) is 23.3. The summed E-state index contributed by atoms with van der Waals surface area (Å²) in [6, 6.07) is 6.31. The summed E-state index contributed by atoms with van der Waals surface area (Å²) in [4.78, 5) is 10.4. The maximum Gasteiger partial charge on any atom is 0.290 e. The average molecular weight is 411 g/mol. The zero-order valence-corrected chi connectivity index (χ0v) is 19.5. The minimum atomic E-state index is -0.563. The van der Waals surface area contributed by atoms with Gasteiger partial charge in [0.15, 0.2) is 25.1 Å². The lowest BCUT2D eigenvalue weighted by Crippen LogP contribution is -2.36. The van der Waals surface area contributed by atoms with Crippen molar-refractivity contribution in [2.45, 2.75) is 58.9 Å². The van der Waals surface area contributed by atoms with Gasteiger partial charge in [-0.05, 0) is 18.9 Å². The Kier molecular flexibility index (Phi) is 10.2. The lowest BCUT2D eigenvalue weighted by Gasteiger charge is -2.34. The van der Waals surface area contributed by atoms with E-state index in [1.165, 1.54) is 12.1 Å². The molecule has 0 aliphatic carbocycles. The number of hydrogen-bond donors (Lipinski definition) is 0. The van der Waals surface area contributed by atoms with E-state index in [4.69, 9.17) is 18.9 Å². The third-order valence-electron chi connectivity index (χ3n) is 4.31. The van der Waals surface area contributed by atoms with Crippen LogP contribution in [-0.4, -0.2) is 37.3 Å². The predicted molar refractivity (Wildman–Crippen MR) is 110 cm³/mol. The van der Waals surface area contributed by atoms with Gasteiger partial charge in [0.25, 0.3) is 5.69 Å². The van der Waals surface area contributed by atoms with Crippen LogP contribution in [0.15, 0.2) is 18.2 Å². The fourth-order valence-electron chi connectivity index (χ4n) is 2.87.